The first-order valence-corrected chi connectivity index (χ1v) is 9.89. The first-order chi connectivity index (χ1) is 13.7. The van der Waals surface area contributed by atoms with E-state index in [1.165, 1.54) is 36.0 Å². The molecule has 154 valence electrons. The topological polar surface area (TPSA) is 137 Å². The predicted octanol–water partition coefficient (Wildman–Crippen LogP) is 0.727. The number of nitrogens with zero attached hydrogens (tertiary/aromatic N) is 2. The van der Waals surface area contributed by atoms with Gasteiger partial charge in [-0.05, 0) is 18.2 Å². The summed E-state index contributed by atoms with van der Waals surface area (Å²) in [5.74, 6) is -0.801. The zero-order valence-electron chi connectivity index (χ0n) is 15.4. The van der Waals surface area contributed by atoms with E-state index in [9.17, 15) is 23.0 Å². The quantitative estimate of drug-likeness (QED) is 0.412. The molecule has 0 saturated heterocycles. The van der Waals surface area contributed by atoms with Crippen molar-refractivity contribution in [3.8, 4) is 11.8 Å². The maximum absolute atomic E-state index is 13.5. The van der Waals surface area contributed by atoms with Crippen LogP contribution in [0.5, 0.6) is 5.75 Å². The fourth-order valence-corrected chi connectivity index (χ4v) is 4.52. The fourth-order valence-electron chi connectivity index (χ4n) is 2.97. The van der Waals surface area contributed by atoms with Crippen LogP contribution in [0.3, 0.4) is 0 Å². The van der Waals surface area contributed by atoms with E-state index < -0.39 is 34.2 Å². The van der Waals surface area contributed by atoms with E-state index in [4.69, 9.17) is 10.00 Å². The van der Waals surface area contributed by atoms with Gasteiger partial charge >= 0.3 is 0 Å². The van der Waals surface area contributed by atoms with Gasteiger partial charge in [0, 0.05) is 18.9 Å². The summed E-state index contributed by atoms with van der Waals surface area (Å²) in [6.45, 7) is 2.72. The Morgan fingerprint density at radius 3 is 2.93 bits per heavy atom. The molecule has 0 amide bonds. The lowest BCUT2D eigenvalue weighted by atomic mass is 10.0. The van der Waals surface area contributed by atoms with E-state index in [2.05, 4.69) is 16.6 Å². The first kappa shape index (κ1) is 20.8. The lowest BCUT2D eigenvalue weighted by molar-refractivity contribution is 0.148. The molecule has 4 N–H and O–H groups in total. The van der Waals surface area contributed by atoms with Crippen molar-refractivity contribution >= 4 is 15.7 Å². The maximum atomic E-state index is 13.5. The fraction of sp³-hybridized carbons (Fsp3) is 0.278. The normalized spacial score (nSPS) is 21.2. The highest BCUT2D eigenvalue weighted by molar-refractivity contribution is 7.89. The Balaban J connectivity index is 2.00. The summed E-state index contributed by atoms with van der Waals surface area (Å²) >= 11 is 0. The molecule has 11 heteroatoms. The molecule has 1 aliphatic rings. The van der Waals surface area contributed by atoms with E-state index in [0.717, 1.165) is 6.07 Å². The Kier molecular flexibility index (Phi) is 5.38. The summed E-state index contributed by atoms with van der Waals surface area (Å²) < 4.78 is 48.4. The monoisotopic (exact) mass is 422 g/mol. The third-order valence-electron chi connectivity index (χ3n) is 4.57. The van der Waals surface area contributed by atoms with Crippen molar-refractivity contribution in [2.75, 3.05) is 18.5 Å². The number of aryl methyl sites for hydroxylation is 1. The van der Waals surface area contributed by atoms with Crippen LogP contribution in [-0.2, 0) is 17.1 Å². The van der Waals surface area contributed by atoms with Crippen molar-refractivity contribution in [2.45, 2.75) is 16.7 Å². The predicted molar refractivity (Wildman–Crippen MR) is 101 cm³/mol. The number of benzene rings is 1. The van der Waals surface area contributed by atoms with Crippen molar-refractivity contribution in [1.82, 2.24) is 9.29 Å². The van der Waals surface area contributed by atoms with Crippen molar-refractivity contribution in [2.24, 2.45) is 7.05 Å². The lowest BCUT2D eigenvalue weighted by Gasteiger charge is -2.26. The molecule has 9 nitrogen and oxygen atoms in total. The molecule has 0 bridgehead atoms. The first-order valence-electron chi connectivity index (χ1n) is 8.41. The molecule has 3 rings (SSSR count). The maximum Gasteiger partial charge on any atom is 0.246 e. The van der Waals surface area contributed by atoms with E-state index in [0.29, 0.717) is 0 Å². The van der Waals surface area contributed by atoms with Crippen molar-refractivity contribution < 1.29 is 27.8 Å². The van der Waals surface area contributed by atoms with Gasteiger partial charge in [-0.15, -0.1) is 6.58 Å². The summed E-state index contributed by atoms with van der Waals surface area (Å²) in [4.78, 5) is -0.218. The summed E-state index contributed by atoms with van der Waals surface area (Å²) in [6.07, 6.45) is 1.06. The molecule has 0 radical (unpaired) electrons. The highest BCUT2D eigenvalue weighted by Crippen LogP contribution is 2.37. The summed E-state index contributed by atoms with van der Waals surface area (Å²) in [7, 11) is -2.57. The number of anilines is 1. The highest BCUT2D eigenvalue weighted by atomic mass is 32.2. The number of ether oxygens (including phenoxy) is 1. The standard InChI is InChI=1S/C18H19FN4O5S/c1-3-18(9-24)10-28-16-14(29(26,27)22-18)8-23(2)15(16)17(25)21-12-4-5-13(19)11(6-12)7-20/h3-6,8,17,21-22,24-25H,1,9-10H2,2H3/t17?,18-/m0/s1. The second-order valence-electron chi connectivity index (χ2n) is 6.58. The zero-order valence-corrected chi connectivity index (χ0v) is 16.2. The highest BCUT2D eigenvalue weighted by Gasteiger charge is 2.40. The van der Waals surface area contributed by atoms with Gasteiger partial charge in [0.05, 0.1) is 12.2 Å². The van der Waals surface area contributed by atoms with Gasteiger partial charge in [0.2, 0.25) is 10.0 Å². The molecule has 0 fully saturated rings. The number of halogens is 1. The van der Waals surface area contributed by atoms with Crippen LogP contribution in [0.15, 0.2) is 41.9 Å². The third kappa shape index (κ3) is 3.70. The number of sulfonamides is 1. The molecule has 0 aliphatic carbocycles. The molecule has 1 aromatic heterocycles. The molecule has 29 heavy (non-hydrogen) atoms. The van der Waals surface area contributed by atoms with Crippen molar-refractivity contribution in [3.63, 3.8) is 0 Å². The minimum atomic E-state index is -4.09. The van der Waals surface area contributed by atoms with Crippen molar-refractivity contribution in [1.29, 1.82) is 5.26 Å². The number of aliphatic hydroxyl groups is 2. The van der Waals surface area contributed by atoms with Gasteiger partial charge in [0.15, 0.2) is 12.0 Å². The molecule has 1 aliphatic heterocycles. The molecular formula is C18H19FN4O5S. The van der Waals surface area contributed by atoms with Crippen LogP contribution >= 0.6 is 0 Å². The minimum Gasteiger partial charge on any atom is -0.488 e. The Labute approximate surface area is 166 Å². The van der Waals surface area contributed by atoms with E-state index in [1.54, 1.807) is 6.07 Å². The van der Waals surface area contributed by atoms with E-state index >= 15 is 0 Å². The number of nitrogens with one attached hydrogen (secondary N) is 2. The molecular weight excluding hydrogens is 403 g/mol. The Morgan fingerprint density at radius 1 is 1.59 bits per heavy atom. The average molecular weight is 422 g/mol. The molecule has 2 heterocycles. The second-order valence-corrected chi connectivity index (χ2v) is 8.24. The van der Waals surface area contributed by atoms with Crippen LogP contribution in [0.4, 0.5) is 10.1 Å². The van der Waals surface area contributed by atoms with Gasteiger partial charge in [-0.3, -0.25) is 0 Å². The average Bonchev–Trinajstić information content (AvgIpc) is 2.98. The zero-order chi connectivity index (χ0) is 21.4. The minimum absolute atomic E-state index is 0.0889. The molecule has 1 aromatic carbocycles. The second kappa shape index (κ2) is 7.49. The van der Waals surface area contributed by atoms with Crippen LogP contribution in [0.1, 0.15) is 17.5 Å². The molecule has 0 saturated carbocycles. The third-order valence-corrected chi connectivity index (χ3v) is 6.12. The van der Waals surface area contributed by atoms with Crippen LogP contribution in [0.2, 0.25) is 0 Å². The number of rotatable bonds is 5. The van der Waals surface area contributed by atoms with Gasteiger partial charge in [0.25, 0.3) is 0 Å². The van der Waals surface area contributed by atoms with Gasteiger partial charge in [-0.25, -0.2) is 12.8 Å². The van der Waals surface area contributed by atoms with Crippen LogP contribution in [-0.4, -0.2) is 42.0 Å². The number of hydrogen-bond acceptors (Lipinski definition) is 7. The molecule has 2 atom stereocenters. The summed E-state index contributed by atoms with van der Waals surface area (Å²) in [6, 6.07) is 5.32. The smallest absolute Gasteiger partial charge is 0.246 e. The van der Waals surface area contributed by atoms with E-state index in [1.807, 2.05) is 0 Å². The summed E-state index contributed by atoms with van der Waals surface area (Å²) in [5.41, 5.74) is -1.30. The summed E-state index contributed by atoms with van der Waals surface area (Å²) in [5, 5.41) is 31.9. The number of nitriles is 1. The molecule has 2 aromatic rings. The SMILES string of the molecule is C=C[C@]1(CO)COc2c(cn(C)c2C(O)Nc2ccc(F)c(C#N)c2)S(=O)(=O)N1. The van der Waals surface area contributed by atoms with Gasteiger partial charge in [0.1, 0.15) is 34.6 Å². The van der Waals surface area contributed by atoms with Gasteiger partial charge < -0.3 is 24.8 Å². The van der Waals surface area contributed by atoms with Crippen molar-refractivity contribution in [3.05, 3.63) is 54.1 Å². The number of fused-ring (bicyclic) bond motifs is 1. The Hall–Kier alpha value is -2.91. The molecule has 1 unspecified atom stereocenters. The Bertz CT molecular complexity index is 1110. The lowest BCUT2D eigenvalue weighted by Crippen LogP contribution is -2.52. The largest absolute Gasteiger partial charge is 0.488 e. The van der Waals surface area contributed by atoms with E-state index in [-0.39, 0.29) is 34.2 Å². The number of aliphatic hydroxyl groups excluding tert-OH is 2. The Morgan fingerprint density at radius 2 is 2.31 bits per heavy atom. The van der Waals surface area contributed by atoms with Gasteiger partial charge in [-0.2, -0.15) is 9.98 Å². The number of hydrogen-bond donors (Lipinski definition) is 4. The molecule has 0 spiro atoms. The van der Waals surface area contributed by atoms with Gasteiger partial charge in [-0.1, -0.05) is 6.08 Å². The number of aromatic nitrogens is 1. The van der Waals surface area contributed by atoms with Crippen LogP contribution in [0.25, 0.3) is 0 Å². The van der Waals surface area contributed by atoms with Crippen LogP contribution < -0.4 is 14.8 Å². The van der Waals surface area contributed by atoms with Crippen LogP contribution in [0, 0.1) is 17.1 Å².